The summed E-state index contributed by atoms with van der Waals surface area (Å²) in [6.45, 7) is 4.01. The van der Waals surface area contributed by atoms with Crippen LogP contribution in [0.15, 0.2) is 16.7 Å². The van der Waals surface area contributed by atoms with Gasteiger partial charge < -0.3 is 4.98 Å². The minimum absolute atomic E-state index is 0.0986. The van der Waals surface area contributed by atoms with Crippen LogP contribution in [0.1, 0.15) is 23.3 Å². The van der Waals surface area contributed by atoms with E-state index in [1.807, 2.05) is 13.8 Å². The topological polar surface area (TPSA) is 87.7 Å². The lowest BCUT2D eigenvalue weighted by molar-refractivity contribution is 0.578. The number of nitrogens with one attached hydrogen (secondary N) is 2. The molecule has 0 aromatic carbocycles. The molecule has 0 aliphatic heterocycles. The molecule has 0 amide bonds. The van der Waals surface area contributed by atoms with Gasteiger partial charge in [-0.3, -0.25) is 0 Å². The van der Waals surface area contributed by atoms with Crippen LogP contribution in [0.25, 0.3) is 0 Å². The van der Waals surface area contributed by atoms with E-state index in [-0.39, 0.29) is 11.6 Å². The fourth-order valence-corrected chi connectivity index (χ4v) is 3.14. The van der Waals surface area contributed by atoms with E-state index in [0.717, 1.165) is 10.6 Å². The Balaban J connectivity index is 2.10. The van der Waals surface area contributed by atoms with Crippen LogP contribution in [0.2, 0.25) is 0 Å². The third-order valence-corrected chi connectivity index (χ3v) is 4.74. The molecule has 0 bridgehead atoms. The summed E-state index contributed by atoms with van der Waals surface area (Å²) in [7, 11) is -3.53. The number of imidazole rings is 1. The van der Waals surface area contributed by atoms with E-state index >= 15 is 0 Å². The molecule has 2 aromatic rings. The van der Waals surface area contributed by atoms with Gasteiger partial charge in [0.15, 0.2) is 5.03 Å². The average molecular weight is 286 g/mol. The second kappa shape index (κ2) is 5.17. The summed E-state index contributed by atoms with van der Waals surface area (Å²) in [5, 5.41) is 0.0986. The van der Waals surface area contributed by atoms with Crippen LogP contribution in [0.3, 0.4) is 0 Å². The van der Waals surface area contributed by atoms with E-state index < -0.39 is 10.0 Å². The van der Waals surface area contributed by atoms with Gasteiger partial charge in [0.2, 0.25) is 0 Å². The molecule has 0 fully saturated rings. The Morgan fingerprint density at radius 1 is 1.44 bits per heavy atom. The van der Waals surface area contributed by atoms with Crippen molar-refractivity contribution >= 4 is 21.4 Å². The van der Waals surface area contributed by atoms with E-state index in [0.29, 0.717) is 12.2 Å². The SMILES string of the molecule is CCc1ncc(S(=O)(=O)NCc2scnc2C)[nH]1. The number of sulfonamides is 1. The van der Waals surface area contributed by atoms with Gasteiger partial charge in [-0.1, -0.05) is 6.92 Å². The van der Waals surface area contributed by atoms with Crippen molar-refractivity contribution in [3.05, 3.63) is 28.1 Å². The zero-order valence-electron chi connectivity index (χ0n) is 10.1. The van der Waals surface area contributed by atoms with Crippen LogP contribution < -0.4 is 4.72 Å². The molecule has 0 aliphatic carbocycles. The lowest BCUT2D eigenvalue weighted by atomic mass is 10.4. The van der Waals surface area contributed by atoms with E-state index in [1.165, 1.54) is 17.5 Å². The summed E-state index contributed by atoms with van der Waals surface area (Å²) < 4.78 is 26.5. The number of hydrogen-bond acceptors (Lipinski definition) is 5. The van der Waals surface area contributed by atoms with E-state index in [1.54, 1.807) is 5.51 Å². The van der Waals surface area contributed by atoms with Crippen molar-refractivity contribution in [2.45, 2.75) is 31.8 Å². The number of nitrogens with zero attached hydrogens (tertiary/aromatic N) is 2. The molecule has 2 rings (SSSR count). The molecule has 0 spiro atoms. The number of aromatic nitrogens is 3. The lowest BCUT2D eigenvalue weighted by Crippen LogP contribution is -2.23. The minimum atomic E-state index is -3.53. The van der Waals surface area contributed by atoms with Crippen LogP contribution in [-0.4, -0.2) is 23.4 Å². The highest BCUT2D eigenvalue weighted by molar-refractivity contribution is 7.89. The van der Waals surface area contributed by atoms with Gasteiger partial charge in [0.25, 0.3) is 10.0 Å². The molecule has 0 atom stereocenters. The molecule has 2 N–H and O–H groups in total. The monoisotopic (exact) mass is 286 g/mol. The summed E-state index contributed by atoms with van der Waals surface area (Å²) in [5.41, 5.74) is 2.55. The Hall–Kier alpha value is -1.25. The van der Waals surface area contributed by atoms with Gasteiger partial charge in [-0.25, -0.2) is 23.1 Å². The fourth-order valence-electron chi connectivity index (χ4n) is 1.39. The Morgan fingerprint density at radius 2 is 2.22 bits per heavy atom. The molecule has 8 heteroatoms. The highest BCUT2D eigenvalue weighted by Crippen LogP contribution is 2.13. The number of hydrogen-bond donors (Lipinski definition) is 2. The Bertz CT molecular complexity index is 630. The number of aryl methyl sites for hydroxylation is 2. The van der Waals surface area contributed by atoms with E-state index in [9.17, 15) is 8.42 Å². The molecule has 2 heterocycles. The first-order valence-electron chi connectivity index (χ1n) is 5.45. The Kier molecular flexibility index (Phi) is 3.79. The van der Waals surface area contributed by atoms with Gasteiger partial charge in [-0.2, -0.15) is 0 Å². The molecule has 18 heavy (non-hydrogen) atoms. The van der Waals surface area contributed by atoms with Crippen molar-refractivity contribution in [3.8, 4) is 0 Å². The second-order valence-electron chi connectivity index (χ2n) is 3.73. The minimum Gasteiger partial charge on any atom is -0.332 e. The number of thiazole rings is 1. The van der Waals surface area contributed by atoms with E-state index in [4.69, 9.17) is 0 Å². The third-order valence-electron chi connectivity index (χ3n) is 2.50. The van der Waals surface area contributed by atoms with Crippen molar-refractivity contribution in [2.75, 3.05) is 0 Å². The summed E-state index contributed by atoms with van der Waals surface area (Å²) in [6.07, 6.45) is 2.00. The lowest BCUT2D eigenvalue weighted by Gasteiger charge is -2.03. The quantitative estimate of drug-likeness (QED) is 0.865. The highest BCUT2D eigenvalue weighted by atomic mass is 32.2. The van der Waals surface area contributed by atoms with Crippen molar-refractivity contribution in [3.63, 3.8) is 0 Å². The first-order valence-corrected chi connectivity index (χ1v) is 7.81. The zero-order chi connectivity index (χ0) is 13.2. The molecule has 0 aliphatic rings. The fraction of sp³-hybridized carbons (Fsp3) is 0.400. The molecule has 6 nitrogen and oxygen atoms in total. The third kappa shape index (κ3) is 2.77. The molecule has 98 valence electrons. The van der Waals surface area contributed by atoms with Gasteiger partial charge in [-0.05, 0) is 6.92 Å². The molecule has 0 radical (unpaired) electrons. The number of H-pyrrole nitrogens is 1. The Labute approximate surface area is 110 Å². The summed E-state index contributed by atoms with van der Waals surface area (Å²) in [4.78, 5) is 11.7. The van der Waals surface area contributed by atoms with Crippen LogP contribution >= 0.6 is 11.3 Å². The van der Waals surface area contributed by atoms with Crippen molar-refractivity contribution in [1.29, 1.82) is 0 Å². The predicted octanol–water partition coefficient (Wildman–Crippen LogP) is 1.22. The first kappa shape index (κ1) is 13.2. The average Bonchev–Trinajstić information content (AvgIpc) is 2.95. The molecular weight excluding hydrogens is 272 g/mol. The smallest absolute Gasteiger partial charge is 0.257 e. The van der Waals surface area contributed by atoms with Crippen LogP contribution in [0.4, 0.5) is 0 Å². The summed E-state index contributed by atoms with van der Waals surface area (Å²) in [5.74, 6) is 0.657. The van der Waals surface area contributed by atoms with E-state index in [2.05, 4.69) is 19.7 Å². The predicted molar refractivity (Wildman–Crippen MR) is 68.8 cm³/mol. The maximum atomic E-state index is 12.0. The van der Waals surface area contributed by atoms with Crippen molar-refractivity contribution < 1.29 is 8.42 Å². The largest absolute Gasteiger partial charge is 0.332 e. The van der Waals surface area contributed by atoms with Crippen molar-refractivity contribution in [2.24, 2.45) is 0 Å². The molecule has 0 saturated carbocycles. The maximum Gasteiger partial charge on any atom is 0.257 e. The zero-order valence-corrected chi connectivity index (χ0v) is 11.7. The van der Waals surface area contributed by atoms with Gasteiger partial charge in [-0.15, -0.1) is 11.3 Å². The Morgan fingerprint density at radius 3 is 2.78 bits per heavy atom. The van der Waals surface area contributed by atoms with Crippen LogP contribution in [-0.2, 0) is 23.0 Å². The summed E-state index contributed by atoms with van der Waals surface area (Å²) in [6, 6.07) is 0. The molecule has 0 saturated heterocycles. The highest BCUT2D eigenvalue weighted by Gasteiger charge is 2.17. The molecule has 2 aromatic heterocycles. The van der Waals surface area contributed by atoms with Gasteiger partial charge in [0.05, 0.1) is 17.4 Å². The maximum absolute atomic E-state index is 12.0. The number of rotatable bonds is 5. The van der Waals surface area contributed by atoms with Gasteiger partial charge in [0.1, 0.15) is 5.82 Å². The van der Waals surface area contributed by atoms with Gasteiger partial charge >= 0.3 is 0 Å². The molecular formula is C10H14N4O2S2. The normalized spacial score (nSPS) is 11.9. The van der Waals surface area contributed by atoms with Crippen molar-refractivity contribution in [1.82, 2.24) is 19.7 Å². The number of aromatic amines is 1. The van der Waals surface area contributed by atoms with Crippen LogP contribution in [0, 0.1) is 6.92 Å². The summed E-state index contributed by atoms with van der Waals surface area (Å²) >= 11 is 1.43. The van der Waals surface area contributed by atoms with Gasteiger partial charge in [0, 0.05) is 17.8 Å². The molecule has 0 unspecified atom stereocenters. The van der Waals surface area contributed by atoms with Crippen LogP contribution in [0.5, 0.6) is 0 Å². The standard InChI is InChI=1S/C10H14N4O2S2/c1-3-9-11-5-10(14-9)18(15,16)13-4-8-7(2)12-6-17-8/h5-6,13H,3-4H2,1-2H3,(H,11,14). The second-order valence-corrected chi connectivity index (χ2v) is 6.41. The first-order chi connectivity index (χ1) is 8.53.